The lowest BCUT2D eigenvalue weighted by molar-refractivity contribution is -0.148. The van der Waals surface area contributed by atoms with Crippen LogP contribution in [-0.4, -0.2) is 96.1 Å². The number of carbonyl (C=O) groups excluding carboxylic acids is 3. The zero-order chi connectivity index (χ0) is 30.1. The molecule has 0 aliphatic carbocycles. The maximum absolute atomic E-state index is 13.9. The van der Waals surface area contributed by atoms with E-state index in [4.69, 9.17) is 34.4 Å². The second-order valence-electron chi connectivity index (χ2n) is 9.48. The zero-order valence-electron chi connectivity index (χ0n) is 22.9. The first kappa shape index (κ1) is 34.3. The van der Waals surface area contributed by atoms with Gasteiger partial charge in [0.1, 0.15) is 18.1 Å². The SMILES string of the molecule is NCCCC[C@@H]1NC(=O)[C@H](N)CCCN=C(N)NN([C@@H](CCCN)C(=O)N[C@@H](CCCN=C(N)N)C(=O)O)C1=O. The van der Waals surface area contributed by atoms with Crippen LogP contribution in [0.4, 0.5) is 0 Å². The number of hydrogen-bond donors (Lipinski definition) is 10. The smallest absolute Gasteiger partial charge is 0.326 e. The van der Waals surface area contributed by atoms with E-state index < -0.39 is 47.9 Å². The molecule has 0 saturated heterocycles. The number of hydrazine groups is 1. The first-order chi connectivity index (χ1) is 19.0. The number of nitrogens with two attached hydrogens (primary N) is 6. The summed E-state index contributed by atoms with van der Waals surface area (Å²) in [6.45, 7) is 0.974. The van der Waals surface area contributed by atoms with Gasteiger partial charge in [-0.2, -0.15) is 0 Å². The maximum Gasteiger partial charge on any atom is 0.326 e. The van der Waals surface area contributed by atoms with E-state index in [0.717, 1.165) is 5.01 Å². The predicted octanol–water partition coefficient (Wildman–Crippen LogP) is -3.90. The number of carboxylic acids is 1. The zero-order valence-corrected chi connectivity index (χ0v) is 22.9. The number of nitrogens with one attached hydrogen (secondary N) is 3. The van der Waals surface area contributed by atoms with Crippen LogP contribution in [-0.2, 0) is 19.2 Å². The minimum absolute atomic E-state index is 0.0299. The molecule has 0 unspecified atom stereocenters. The third kappa shape index (κ3) is 12.4. The molecule has 228 valence electrons. The second kappa shape index (κ2) is 18.6. The number of amides is 3. The molecular formula is C23H46N12O5. The van der Waals surface area contributed by atoms with Crippen molar-refractivity contribution >= 4 is 35.6 Å². The standard InChI is InChI=1S/C23H46N12O5/c24-10-2-1-7-15-20(38)35(34-23(29)31-13-4-6-14(26)18(36)32-15)17(9-3-11-25)19(37)33-16(21(39)40)8-5-12-30-22(27)28/h14-17H,1-13,24-26H2,(H,32,36)(H,33,37)(H,39,40)(H4,27,28,30)(H3,29,31,34)/t14-,15+,16+,17+/m1/s1. The van der Waals surface area contributed by atoms with E-state index in [2.05, 4.69) is 26.0 Å². The van der Waals surface area contributed by atoms with Gasteiger partial charge < -0.3 is 50.1 Å². The summed E-state index contributed by atoms with van der Waals surface area (Å²) < 4.78 is 0. The predicted molar refractivity (Wildman–Crippen MR) is 150 cm³/mol. The van der Waals surface area contributed by atoms with Crippen LogP contribution in [0.3, 0.4) is 0 Å². The summed E-state index contributed by atoms with van der Waals surface area (Å²) in [7, 11) is 0. The van der Waals surface area contributed by atoms with Gasteiger partial charge in [0.05, 0.1) is 6.04 Å². The fourth-order valence-corrected chi connectivity index (χ4v) is 4.00. The van der Waals surface area contributed by atoms with E-state index in [0.29, 0.717) is 38.6 Å². The number of rotatable bonds is 15. The van der Waals surface area contributed by atoms with E-state index >= 15 is 0 Å². The lowest BCUT2D eigenvalue weighted by Gasteiger charge is -2.35. The molecule has 1 heterocycles. The average Bonchev–Trinajstić information content (AvgIpc) is 2.90. The summed E-state index contributed by atoms with van der Waals surface area (Å²) in [5.74, 6) is -3.48. The number of aliphatic imine (C=N–C) groups is 2. The molecule has 16 N–H and O–H groups in total. The topological polar surface area (TPSA) is 309 Å². The lowest BCUT2D eigenvalue weighted by atomic mass is 10.0. The van der Waals surface area contributed by atoms with Crippen LogP contribution < -0.4 is 50.5 Å². The van der Waals surface area contributed by atoms with Gasteiger partial charge in [-0.15, -0.1) is 0 Å². The molecule has 0 aromatic heterocycles. The highest BCUT2D eigenvalue weighted by Gasteiger charge is 2.37. The van der Waals surface area contributed by atoms with Crippen molar-refractivity contribution < 1.29 is 24.3 Å². The number of nitrogens with zero attached hydrogens (tertiary/aromatic N) is 3. The Bertz CT molecular complexity index is 895. The maximum atomic E-state index is 13.9. The Kier molecular flexibility index (Phi) is 15.9. The van der Waals surface area contributed by atoms with Gasteiger partial charge in [0.25, 0.3) is 5.91 Å². The molecular weight excluding hydrogens is 524 g/mol. The van der Waals surface area contributed by atoms with Crippen LogP contribution in [0.25, 0.3) is 0 Å². The average molecular weight is 571 g/mol. The molecule has 3 amide bonds. The fraction of sp³-hybridized carbons (Fsp3) is 0.739. The second-order valence-corrected chi connectivity index (χ2v) is 9.48. The van der Waals surface area contributed by atoms with Crippen LogP contribution in [0, 0.1) is 0 Å². The first-order valence-corrected chi connectivity index (χ1v) is 13.5. The van der Waals surface area contributed by atoms with Gasteiger partial charge in [0, 0.05) is 13.1 Å². The van der Waals surface area contributed by atoms with Gasteiger partial charge >= 0.3 is 5.97 Å². The van der Waals surface area contributed by atoms with E-state index in [9.17, 15) is 24.3 Å². The Morgan fingerprint density at radius 2 is 1.82 bits per heavy atom. The molecule has 40 heavy (non-hydrogen) atoms. The first-order valence-electron chi connectivity index (χ1n) is 13.5. The van der Waals surface area contributed by atoms with Gasteiger partial charge in [-0.25, -0.2) is 9.80 Å². The van der Waals surface area contributed by atoms with Crippen molar-refractivity contribution in [3.63, 3.8) is 0 Å². The molecule has 0 radical (unpaired) electrons. The van der Waals surface area contributed by atoms with Gasteiger partial charge in [-0.3, -0.25) is 29.8 Å². The minimum Gasteiger partial charge on any atom is -0.480 e. The Hall–Kier alpha value is -3.70. The summed E-state index contributed by atoms with van der Waals surface area (Å²) in [4.78, 5) is 60.0. The Morgan fingerprint density at radius 3 is 2.45 bits per heavy atom. The highest BCUT2D eigenvalue weighted by atomic mass is 16.4. The number of hydrogen-bond acceptors (Lipinski definition) is 11. The summed E-state index contributed by atoms with van der Waals surface area (Å²) in [5, 5.41) is 15.9. The van der Waals surface area contributed by atoms with E-state index in [1.807, 2.05) is 0 Å². The molecule has 4 atom stereocenters. The summed E-state index contributed by atoms with van der Waals surface area (Å²) in [6, 6.07) is -4.45. The molecule has 1 aliphatic rings. The van der Waals surface area contributed by atoms with Crippen molar-refractivity contribution in [3.8, 4) is 0 Å². The van der Waals surface area contributed by atoms with Crippen molar-refractivity contribution in [2.75, 3.05) is 26.2 Å². The Morgan fingerprint density at radius 1 is 1.12 bits per heavy atom. The number of unbranched alkanes of at least 4 members (excludes halogenated alkanes) is 1. The monoisotopic (exact) mass is 570 g/mol. The van der Waals surface area contributed by atoms with E-state index in [1.165, 1.54) is 0 Å². The highest BCUT2D eigenvalue weighted by molar-refractivity contribution is 5.95. The van der Waals surface area contributed by atoms with Gasteiger partial charge in [-0.1, -0.05) is 0 Å². The van der Waals surface area contributed by atoms with Crippen molar-refractivity contribution in [1.29, 1.82) is 0 Å². The van der Waals surface area contributed by atoms with Gasteiger partial charge in [0.2, 0.25) is 17.8 Å². The molecule has 0 saturated carbocycles. The Balaban J connectivity index is 3.36. The van der Waals surface area contributed by atoms with Crippen LogP contribution >= 0.6 is 0 Å². The van der Waals surface area contributed by atoms with Crippen LogP contribution in [0.2, 0.25) is 0 Å². The van der Waals surface area contributed by atoms with E-state index in [-0.39, 0.29) is 57.2 Å². The molecule has 0 spiro atoms. The molecule has 1 rings (SSSR count). The molecule has 17 heteroatoms. The third-order valence-corrected chi connectivity index (χ3v) is 6.18. The van der Waals surface area contributed by atoms with Crippen molar-refractivity contribution in [2.45, 2.75) is 82.0 Å². The number of carboxylic acid groups (broad SMARTS) is 1. The molecule has 1 aliphatic heterocycles. The molecule has 0 bridgehead atoms. The molecule has 17 nitrogen and oxygen atoms in total. The van der Waals surface area contributed by atoms with Gasteiger partial charge in [0.15, 0.2) is 5.96 Å². The normalized spacial score (nSPS) is 20.1. The van der Waals surface area contributed by atoms with Crippen molar-refractivity contribution in [1.82, 2.24) is 21.1 Å². The number of aliphatic carboxylic acids is 1. The fourth-order valence-electron chi connectivity index (χ4n) is 4.00. The van der Waals surface area contributed by atoms with Crippen LogP contribution in [0.1, 0.15) is 57.8 Å². The Labute approximate surface area is 233 Å². The molecule has 0 aromatic carbocycles. The molecule has 0 aromatic rings. The third-order valence-electron chi connectivity index (χ3n) is 6.18. The van der Waals surface area contributed by atoms with Crippen molar-refractivity contribution in [2.24, 2.45) is 44.4 Å². The van der Waals surface area contributed by atoms with Crippen LogP contribution in [0.15, 0.2) is 9.98 Å². The summed E-state index contributed by atoms with van der Waals surface area (Å²) in [5.41, 5.74) is 36.6. The van der Waals surface area contributed by atoms with Gasteiger partial charge in [-0.05, 0) is 70.9 Å². The number of guanidine groups is 2. The molecule has 0 fully saturated rings. The van der Waals surface area contributed by atoms with Crippen molar-refractivity contribution in [3.05, 3.63) is 0 Å². The number of carbonyl (C=O) groups is 4. The lowest BCUT2D eigenvalue weighted by Crippen LogP contribution is -2.64. The van der Waals surface area contributed by atoms with Crippen LogP contribution in [0.5, 0.6) is 0 Å². The summed E-state index contributed by atoms with van der Waals surface area (Å²) >= 11 is 0. The summed E-state index contributed by atoms with van der Waals surface area (Å²) in [6.07, 6.45) is 2.81. The quantitative estimate of drug-likeness (QED) is 0.0513. The largest absolute Gasteiger partial charge is 0.480 e. The highest BCUT2D eigenvalue weighted by Crippen LogP contribution is 2.13. The minimum atomic E-state index is -1.28. The van der Waals surface area contributed by atoms with E-state index in [1.54, 1.807) is 0 Å².